The summed E-state index contributed by atoms with van der Waals surface area (Å²) in [4.78, 5) is 10.7. The van der Waals surface area contributed by atoms with E-state index in [9.17, 15) is 0 Å². The Labute approximate surface area is 152 Å². The van der Waals surface area contributed by atoms with E-state index in [4.69, 9.17) is 4.98 Å². The fraction of sp³-hybridized carbons (Fsp3) is 0.571. The Morgan fingerprint density at radius 3 is 2.48 bits per heavy atom. The number of H-pyrrole nitrogens is 1. The number of nitrogens with zero attached hydrogens (tertiary/aromatic N) is 2. The molecule has 4 heteroatoms. The number of rotatable bonds is 7. The van der Waals surface area contributed by atoms with Gasteiger partial charge in [0, 0.05) is 31.2 Å². The molecule has 0 radical (unpaired) electrons. The predicted octanol–water partition coefficient (Wildman–Crippen LogP) is 3.99. The Bertz CT molecular complexity index is 627. The van der Waals surface area contributed by atoms with Crippen LogP contribution in [0.15, 0.2) is 30.3 Å². The number of benzene rings is 1. The van der Waals surface area contributed by atoms with Crippen molar-refractivity contribution in [1.82, 2.24) is 20.2 Å². The molecule has 0 aliphatic carbocycles. The molecule has 1 aliphatic heterocycles. The summed E-state index contributed by atoms with van der Waals surface area (Å²) < 4.78 is 0. The number of aryl methyl sites for hydroxylation is 2. The minimum Gasteiger partial charge on any atom is -0.346 e. The fourth-order valence-corrected chi connectivity index (χ4v) is 3.77. The molecule has 1 atom stereocenters. The maximum Gasteiger partial charge on any atom is 0.106 e. The highest BCUT2D eigenvalue weighted by molar-refractivity contribution is 5.20. The van der Waals surface area contributed by atoms with Crippen LogP contribution in [0.1, 0.15) is 61.4 Å². The van der Waals surface area contributed by atoms with E-state index in [0.717, 1.165) is 31.0 Å². The molecule has 1 aromatic heterocycles. The van der Waals surface area contributed by atoms with Crippen LogP contribution in [-0.2, 0) is 13.0 Å². The molecular formula is C21H32N4. The zero-order valence-electron chi connectivity index (χ0n) is 15.7. The minimum atomic E-state index is 0.448. The second-order valence-electron chi connectivity index (χ2n) is 7.12. The Balaban J connectivity index is 1.65. The SMILES string of the molecule is CCc1nc(CNCC(c2ccccc2)N2CCCCCC2)c(C)[nH]1. The quantitative estimate of drug-likeness (QED) is 0.801. The monoisotopic (exact) mass is 340 g/mol. The standard InChI is InChI=1S/C21H32N4/c1-3-21-23-17(2)19(24-21)15-22-16-20(18-11-7-6-8-12-18)25-13-9-4-5-10-14-25/h6-8,11-12,20,22H,3-5,9-10,13-16H2,1-2H3,(H,23,24). The summed E-state index contributed by atoms with van der Waals surface area (Å²) >= 11 is 0. The van der Waals surface area contributed by atoms with Gasteiger partial charge in [0.1, 0.15) is 5.82 Å². The largest absolute Gasteiger partial charge is 0.346 e. The summed E-state index contributed by atoms with van der Waals surface area (Å²) in [6, 6.07) is 11.4. The molecule has 1 unspecified atom stereocenters. The molecule has 2 heterocycles. The van der Waals surface area contributed by atoms with Crippen molar-refractivity contribution in [1.29, 1.82) is 0 Å². The van der Waals surface area contributed by atoms with Gasteiger partial charge in [0.05, 0.1) is 5.69 Å². The number of nitrogens with one attached hydrogen (secondary N) is 2. The van der Waals surface area contributed by atoms with Crippen LogP contribution >= 0.6 is 0 Å². The first-order valence-corrected chi connectivity index (χ1v) is 9.82. The molecular weight excluding hydrogens is 308 g/mol. The van der Waals surface area contributed by atoms with E-state index in [1.165, 1.54) is 50.0 Å². The normalized spacial score (nSPS) is 17.4. The van der Waals surface area contributed by atoms with Crippen LogP contribution in [0.25, 0.3) is 0 Å². The molecule has 0 spiro atoms. The van der Waals surface area contributed by atoms with Crippen molar-refractivity contribution in [2.24, 2.45) is 0 Å². The van der Waals surface area contributed by atoms with Crippen LogP contribution in [0.4, 0.5) is 0 Å². The van der Waals surface area contributed by atoms with E-state index >= 15 is 0 Å². The second kappa shape index (κ2) is 9.16. The van der Waals surface area contributed by atoms with Crippen LogP contribution in [0, 0.1) is 6.92 Å². The lowest BCUT2D eigenvalue weighted by Gasteiger charge is -2.31. The molecule has 1 fully saturated rings. The molecule has 2 aromatic rings. The number of aromatic nitrogens is 2. The van der Waals surface area contributed by atoms with E-state index in [0.29, 0.717) is 6.04 Å². The van der Waals surface area contributed by atoms with Gasteiger partial charge in [0.15, 0.2) is 0 Å². The van der Waals surface area contributed by atoms with Gasteiger partial charge in [-0.1, -0.05) is 50.1 Å². The molecule has 136 valence electrons. The van der Waals surface area contributed by atoms with Gasteiger partial charge in [-0.25, -0.2) is 4.98 Å². The third-order valence-electron chi connectivity index (χ3n) is 5.27. The molecule has 3 rings (SSSR count). The molecule has 4 nitrogen and oxygen atoms in total. The van der Waals surface area contributed by atoms with Gasteiger partial charge in [0.25, 0.3) is 0 Å². The van der Waals surface area contributed by atoms with Gasteiger partial charge in [-0.3, -0.25) is 4.90 Å². The van der Waals surface area contributed by atoms with Crippen LogP contribution in [0.5, 0.6) is 0 Å². The highest BCUT2D eigenvalue weighted by Crippen LogP contribution is 2.23. The molecule has 0 bridgehead atoms. The average Bonchev–Trinajstić information content (AvgIpc) is 2.84. The van der Waals surface area contributed by atoms with Crippen LogP contribution < -0.4 is 5.32 Å². The summed E-state index contributed by atoms with van der Waals surface area (Å²) in [5.74, 6) is 1.08. The Morgan fingerprint density at radius 2 is 1.84 bits per heavy atom. The minimum absolute atomic E-state index is 0.448. The van der Waals surface area contributed by atoms with Crippen LogP contribution in [0.2, 0.25) is 0 Å². The Kier molecular flexibility index (Phi) is 6.65. The number of imidazole rings is 1. The molecule has 2 N–H and O–H groups in total. The summed E-state index contributed by atoms with van der Waals surface area (Å²) in [5.41, 5.74) is 3.76. The van der Waals surface area contributed by atoms with Gasteiger partial charge in [0.2, 0.25) is 0 Å². The lowest BCUT2D eigenvalue weighted by Crippen LogP contribution is -2.36. The van der Waals surface area contributed by atoms with Crippen LogP contribution in [-0.4, -0.2) is 34.5 Å². The van der Waals surface area contributed by atoms with Gasteiger partial charge in [-0.05, 0) is 38.4 Å². The lowest BCUT2D eigenvalue weighted by molar-refractivity contribution is 0.199. The lowest BCUT2D eigenvalue weighted by atomic mass is 10.0. The van der Waals surface area contributed by atoms with Crippen molar-refractivity contribution in [2.45, 2.75) is 58.5 Å². The smallest absolute Gasteiger partial charge is 0.106 e. The Hall–Kier alpha value is -1.65. The first kappa shape index (κ1) is 18.2. The molecule has 1 aliphatic rings. The molecule has 1 aromatic carbocycles. The highest BCUT2D eigenvalue weighted by Gasteiger charge is 2.21. The third kappa shape index (κ3) is 4.93. The number of hydrogen-bond acceptors (Lipinski definition) is 3. The summed E-state index contributed by atoms with van der Waals surface area (Å²) in [7, 11) is 0. The first-order valence-electron chi connectivity index (χ1n) is 9.82. The van der Waals surface area contributed by atoms with Crippen molar-refractivity contribution in [2.75, 3.05) is 19.6 Å². The second-order valence-corrected chi connectivity index (χ2v) is 7.12. The zero-order valence-corrected chi connectivity index (χ0v) is 15.7. The van der Waals surface area contributed by atoms with Crippen LogP contribution in [0.3, 0.4) is 0 Å². The summed E-state index contributed by atoms with van der Waals surface area (Å²) in [6.07, 6.45) is 6.35. The summed E-state index contributed by atoms with van der Waals surface area (Å²) in [6.45, 7) is 8.48. The van der Waals surface area contributed by atoms with E-state index in [2.05, 4.69) is 59.4 Å². The van der Waals surface area contributed by atoms with E-state index in [-0.39, 0.29) is 0 Å². The van der Waals surface area contributed by atoms with Gasteiger partial charge >= 0.3 is 0 Å². The van der Waals surface area contributed by atoms with Crippen molar-refractivity contribution >= 4 is 0 Å². The van der Waals surface area contributed by atoms with E-state index in [1.807, 2.05) is 0 Å². The summed E-state index contributed by atoms with van der Waals surface area (Å²) in [5, 5.41) is 3.67. The molecule has 0 saturated carbocycles. The van der Waals surface area contributed by atoms with E-state index < -0.39 is 0 Å². The highest BCUT2D eigenvalue weighted by atomic mass is 15.2. The van der Waals surface area contributed by atoms with E-state index in [1.54, 1.807) is 0 Å². The van der Waals surface area contributed by atoms with Gasteiger partial charge in [-0.2, -0.15) is 0 Å². The zero-order chi connectivity index (χ0) is 17.5. The van der Waals surface area contributed by atoms with Gasteiger partial charge in [-0.15, -0.1) is 0 Å². The molecule has 1 saturated heterocycles. The molecule has 25 heavy (non-hydrogen) atoms. The van der Waals surface area contributed by atoms with Crippen molar-refractivity contribution in [3.8, 4) is 0 Å². The van der Waals surface area contributed by atoms with Gasteiger partial charge < -0.3 is 10.3 Å². The Morgan fingerprint density at radius 1 is 1.12 bits per heavy atom. The number of likely N-dealkylation sites (tertiary alicyclic amines) is 1. The third-order valence-corrected chi connectivity index (χ3v) is 5.27. The maximum absolute atomic E-state index is 4.69. The average molecular weight is 341 g/mol. The number of hydrogen-bond donors (Lipinski definition) is 2. The van der Waals surface area contributed by atoms with Crippen molar-refractivity contribution < 1.29 is 0 Å². The molecule has 0 amide bonds. The predicted molar refractivity (Wildman–Crippen MR) is 104 cm³/mol. The number of aromatic amines is 1. The topological polar surface area (TPSA) is 44.0 Å². The van der Waals surface area contributed by atoms with Crippen molar-refractivity contribution in [3.63, 3.8) is 0 Å². The first-order chi connectivity index (χ1) is 12.3. The maximum atomic E-state index is 4.69. The fourth-order valence-electron chi connectivity index (χ4n) is 3.77. The van der Waals surface area contributed by atoms with Crippen molar-refractivity contribution in [3.05, 3.63) is 53.1 Å².